The smallest absolute Gasteiger partial charge is 0.345 e. The fourth-order valence-corrected chi connectivity index (χ4v) is 3.53. The summed E-state index contributed by atoms with van der Waals surface area (Å²) in [5.74, 6) is 2.25. The van der Waals surface area contributed by atoms with E-state index in [4.69, 9.17) is 9.47 Å². The van der Waals surface area contributed by atoms with Crippen molar-refractivity contribution in [2.45, 2.75) is 51.7 Å². The third-order valence-corrected chi connectivity index (χ3v) is 5.11. The Morgan fingerprint density at radius 1 is 1.28 bits per heavy atom. The van der Waals surface area contributed by atoms with Crippen LogP contribution in [-0.4, -0.2) is 41.1 Å². The average molecular weight is 403 g/mol. The second-order valence-corrected chi connectivity index (χ2v) is 7.11. The number of rotatable bonds is 8. The number of benzene rings is 1. The Labute approximate surface area is 170 Å². The van der Waals surface area contributed by atoms with E-state index in [1.807, 2.05) is 25.1 Å². The van der Waals surface area contributed by atoms with Crippen molar-refractivity contribution in [1.82, 2.24) is 25.0 Å². The Bertz CT molecular complexity index is 905. The zero-order valence-corrected chi connectivity index (χ0v) is 17.2. The van der Waals surface area contributed by atoms with E-state index < -0.39 is 0 Å². The average Bonchev–Trinajstić information content (AvgIpc) is 3.06. The van der Waals surface area contributed by atoms with Gasteiger partial charge < -0.3 is 20.1 Å². The summed E-state index contributed by atoms with van der Waals surface area (Å²) in [7, 11) is 3.19. The van der Waals surface area contributed by atoms with Crippen molar-refractivity contribution < 1.29 is 14.3 Å². The quantitative estimate of drug-likeness (QED) is 0.656. The van der Waals surface area contributed by atoms with Gasteiger partial charge in [-0.05, 0) is 44.4 Å². The fraction of sp³-hybridized carbons (Fsp3) is 0.550. The van der Waals surface area contributed by atoms with Crippen molar-refractivity contribution in [3.63, 3.8) is 0 Å². The normalized spacial score (nSPS) is 14.0. The summed E-state index contributed by atoms with van der Waals surface area (Å²) in [6.07, 6.45) is 3.58. The molecule has 3 rings (SSSR count). The number of hydrogen-bond donors (Lipinski definition) is 2. The number of methoxy groups -OCH3 is 2. The number of carbonyl (C=O) groups is 1. The third kappa shape index (κ3) is 4.90. The van der Waals surface area contributed by atoms with Crippen LogP contribution in [0.1, 0.15) is 43.6 Å². The second kappa shape index (κ2) is 9.49. The van der Waals surface area contributed by atoms with Crippen molar-refractivity contribution in [1.29, 1.82) is 0 Å². The molecule has 0 spiro atoms. The van der Waals surface area contributed by atoms with Crippen LogP contribution in [0.15, 0.2) is 23.0 Å². The maximum absolute atomic E-state index is 12.3. The number of carbonyl (C=O) groups excluding carboxylic acids is 1. The summed E-state index contributed by atoms with van der Waals surface area (Å²) >= 11 is 0. The number of aromatic nitrogens is 3. The molecule has 9 nitrogen and oxygen atoms in total. The molecule has 2 aromatic rings. The number of urea groups is 1. The molecule has 2 heterocycles. The molecule has 0 aliphatic carbocycles. The zero-order valence-electron chi connectivity index (χ0n) is 17.2. The van der Waals surface area contributed by atoms with Crippen LogP contribution in [0.3, 0.4) is 0 Å². The third-order valence-electron chi connectivity index (χ3n) is 5.11. The molecule has 1 atom stereocenters. The van der Waals surface area contributed by atoms with E-state index in [1.54, 1.807) is 18.8 Å². The van der Waals surface area contributed by atoms with E-state index in [0.717, 1.165) is 37.2 Å². The number of amides is 2. The van der Waals surface area contributed by atoms with E-state index in [0.29, 0.717) is 31.0 Å². The topological polar surface area (TPSA) is 99.4 Å². The SMILES string of the molecule is COc1ccc(OC)c([C@@H](C)NC(=O)NCCCn2nc3n(c2=O)CCCC3)c1. The van der Waals surface area contributed by atoms with Gasteiger partial charge in [0.2, 0.25) is 0 Å². The molecule has 9 heteroatoms. The Balaban J connectivity index is 1.48. The molecule has 158 valence electrons. The van der Waals surface area contributed by atoms with Crippen LogP contribution in [0.4, 0.5) is 4.79 Å². The molecule has 2 N–H and O–H groups in total. The Morgan fingerprint density at radius 2 is 2.10 bits per heavy atom. The number of nitrogens with one attached hydrogen (secondary N) is 2. The summed E-state index contributed by atoms with van der Waals surface area (Å²) in [6.45, 7) is 3.56. The highest BCUT2D eigenvalue weighted by atomic mass is 16.5. The van der Waals surface area contributed by atoms with E-state index in [1.165, 1.54) is 4.68 Å². The molecule has 0 fully saturated rings. The van der Waals surface area contributed by atoms with Crippen molar-refractivity contribution in [3.05, 3.63) is 40.1 Å². The van der Waals surface area contributed by atoms with Gasteiger partial charge in [0.25, 0.3) is 0 Å². The first-order chi connectivity index (χ1) is 14.0. The number of fused-ring (bicyclic) bond motifs is 1. The van der Waals surface area contributed by atoms with Gasteiger partial charge in [0, 0.05) is 31.6 Å². The molecule has 2 amide bonds. The van der Waals surface area contributed by atoms with Gasteiger partial charge in [-0.1, -0.05) is 0 Å². The molecular formula is C20H29N5O4. The predicted octanol–water partition coefficient (Wildman–Crippen LogP) is 1.85. The van der Waals surface area contributed by atoms with Crippen molar-refractivity contribution in [2.75, 3.05) is 20.8 Å². The van der Waals surface area contributed by atoms with Crippen molar-refractivity contribution in [2.24, 2.45) is 0 Å². The van der Waals surface area contributed by atoms with E-state index in [-0.39, 0.29) is 17.8 Å². The summed E-state index contributed by atoms with van der Waals surface area (Å²) < 4.78 is 13.9. The Kier molecular flexibility index (Phi) is 6.79. The highest BCUT2D eigenvalue weighted by Gasteiger charge is 2.17. The summed E-state index contributed by atoms with van der Waals surface area (Å²) in [6, 6.07) is 4.93. The lowest BCUT2D eigenvalue weighted by Gasteiger charge is -2.18. The number of ether oxygens (including phenoxy) is 2. The van der Waals surface area contributed by atoms with Gasteiger partial charge >= 0.3 is 11.7 Å². The number of nitrogens with zero attached hydrogens (tertiary/aromatic N) is 3. The summed E-state index contributed by atoms with van der Waals surface area (Å²) in [5, 5.41) is 10.1. The Morgan fingerprint density at radius 3 is 2.83 bits per heavy atom. The van der Waals surface area contributed by atoms with Gasteiger partial charge in [0.05, 0.1) is 20.3 Å². The highest BCUT2D eigenvalue weighted by molar-refractivity contribution is 5.74. The maximum Gasteiger partial charge on any atom is 0.345 e. The molecule has 0 radical (unpaired) electrons. The van der Waals surface area contributed by atoms with Gasteiger partial charge in [-0.2, -0.15) is 5.10 Å². The molecule has 1 aromatic carbocycles. The lowest BCUT2D eigenvalue weighted by atomic mass is 10.1. The van der Waals surface area contributed by atoms with Crippen LogP contribution in [0, 0.1) is 0 Å². The first-order valence-electron chi connectivity index (χ1n) is 9.96. The molecular weight excluding hydrogens is 374 g/mol. The molecule has 0 saturated heterocycles. The molecule has 1 aromatic heterocycles. The summed E-state index contributed by atoms with van der Waals surface area (Å²) in [5.41, 5.74) is 0.778. The number of hydrogen-bond acceptors (Lipinski definition) is 5. The van der Waals surface area contributed by atoms with Gasteiger partial charge in [0.1, 0.15) is 17.3 Å². The molecule has 0 bridgehead atoms. The van der Waals surface area contributed by atoms with Crippen LogP contribution in [0.25, 0.3) is 0 Å². The van der Waals surface area contributed by atoms with Crippen molar-refractivity contribution in [3.8, 4) is 11.5 Å². The minimum Gasteiger partial charge on any atom is -0.497 e. The van der Waals surface area contributed by atoms with Gasteiger partial charge in [0.15, 0.2) is 0 Å². The monoisotopic (exact) mass is 403 g/mol. The van der Waals surface area contributed by atoms with Crippen LogP contribution < -0.4 is 25.8 Å². The van der Waals surface area contributed by atoms with E-state index >= 15 is 0 Å². The lowest BCUT2D eigenvalue weighted by molar-refractivity contribution is 0.237. The molecule has 1 aliphatic rings. The van der Waals surface area contributed by atoms with Crippen LogP contribution in [0.2, 0.25) is 0 Å². The van der Waals surface area contributed by atoms with Crippen molar-refractivity contribution >= 4 is 6.03 Å². The largest absolute Gasteiger partial charge is 0.497 e. The van der Waals surface area contributed by atoms with Gasteiger partial charge in [-0.3, -0.25) is 4.57 Å². The first-order valence-corrected chi connectivity index (χ1v) is 9.96. The highest BCUT2D eigenvalue weighted by Crippen LogP contribution is 2.29. The molecule has 29 heavy (non-hydrogen) atoms. The Hall–Kier alpha value is -2.97. The van der Waals surface area contributed by atoms with Gasteiger partial charge in [-0.15, -0.1) is 0 Å². The molecule has 0 unspecified atom stereocenters. The van der Waals surface area contributed by atoms with Crippen LogP contribution in [-0.2, 0) is 19.5 Å². The maximum atomic E-state index is 12.3. The van der Waals surface area contributed by atoms with Gasteiger partial charge in [-0.25, -0.2) is 14.3 Å². The summed E-state index contributed by atoms with van der Waals surface area (Å²) in [4.78, 5) is 24.5. The van der Waals surface area contributed by atoms with Crippen LogP contribution >= 0.6 is 0 Å². The minimum absolute atomic E-state index is 0.0529. The first kappa shape index (κ1) is 20.8. The van der Waals surface area contributed by atoms with Crippen LogP contribution in [0.5, 0.6) is 11.5 Å². The molecule has 0 saturated carbocycles. The lowest BCUT2D eigenvalue weighted by Crippen LogP contribution is -2.38. The van der Waals surface area contributed by atoms with E-state index in [2.05, 4.69) is 15.7 Å². The second-order valence-electron chi connectivity index (χ2n) is 7.11. The standard InChI is InChI=1S/C20H29N5O4/c1-14(16-13-15(28-2)8-9-17(16)29-3)22-19(26)21-10-6-12-25-20(27)24-11-5-4-7-18(24)23-25/h8-9,13-14H,4-7,10-12H2,1-3H3,(H2,21,22,26)/t14-/m1/s1. The fourth-order valence-electron chi connectivity index (χ4n) is 3.53. The predicted molar refractivity (Wildman–Crippen MR) is 109 cm³/mol. The number of aryl methyl sites for hydroxylation is 2. The zero-order chi connectivity index (χ0) is 20.8. The minimum atomic E-state index is -0.279. The molecule has 1 aliphatic heterocycles. The van der Waals surface area contributed by atoms with E-state index in [9.17, 15) is 9.59 Å².